The Kier molecular flexibility index (Phi) is 4.44. The Hall–Kier alpha value is -0.940. The van der Waals surface area contributed by atoms with E-state index in [1.807, 2.05) is 0 Å². The normalized spacial score (nSPS) is 12.2. The molecule has 0 aliphatic carbocycles. The van der Waals surface area contributed by atoms with Gasteiger partial charge in [0.2, 0.25) is 0 Å². The highest BCUT2D eigenvalue weighted by atomic mass is 35.5. The van der Waals surface area contributed by atoms with Crippen LogP contribution in [-0.2, 0) is 9.53 Å². The van der Waals surface area contributed by atoms with Crippen molar-refractivity contribution in [1.82, 2.24) is 0 Å². The molecule has 0 radical (unpaired) electrons. The summed E-state index contributed by atoms with van der Waals surface area (Å²) < 4.78 is 17.6. The Morgan fingerprint density at radius 1 is 1.62 bits per heavy atom. The average molecular weight is 264 g/mol. The number of benzene rings is 1. The van der Waals surface area contributed by atoms with Crippen LogP contribution in [0.15, 0.2) is 17.0 Å². The quantitative estimate of drug-likeness (QED) is 0.518. The van der Waals surface area contributed by atoms with Crippen molar-refractivity contribution < 1.29 is 13.9 Å². The molecule has 0 spiro atoms. The maximum Gasteiger partial charge on any atom is 0.318 e. The summed E-state index contributed by atoms with van der Waals surface area (Å²) in [7, 11) is 1.31. The number of hydrogen-bond acceptors (Lipinski definition) is 4. The summed E-state index contributed by atoms with van der Waals surface area (Å²) in [5.41, 5.74) is 5.41. The van der Waals surface area contributed by atoms with Crippen molar-refractivity contribution in [2.75, 3.05) is 12.8 Å². The molecule has 0 aromatic heterocycles. The first kappa shape index (κ1) is 13.1. The molecule has 88 valence electrons. The van der Waals surface area contributed by atoms with Gasteiger partial charge in [-0.2, -0.15) is 0 Å². The van der Waals surface area contributed by atoms with Crippen molar-refractivity contribution in [2.24, 2.45) is 0 Å². The van der Waals surface area contributed by atoms with Crippen LogP contribution in [0.4, 0.5) is 10.1 Å². The minimum atomic E-state index is -0.569. The van der Waals surface area contributed by atoms with Crippen LogP contribution in [0.1, 0.15) is 6.92 Å². The Morgan fingerprint density at radius 2 is 2.25 bits per heavy atom. The first-order chi connectivity index (χ1) is 7.45. The number of methoxy groups -OCH3 is 1. The zero-order valence-electron chi connectivity index (χ0n) is 8.79. The molecule has 0 amide bonds. The largest absolute Gasteiger partial charge is 0.468 e. The van der Waals surface area contributed by atoms with Gasteiger partial charge in [-0.05, 0) is 19.1 Å². The molecule has 1 unspecified atom stereocenters. The fourth-order valence-electron chi connectivity index (χ4n) is 1.04. The predicted octanol–water partition coefficient (Wildman–Crippen LogP) is 2.71. The second-order valence-electron chi connectivity index (χ2n) is 3.09. The highest BCUT2D eigenvalue weighted by Gasteiger charge is 2.17. The van der Waals surface area contributed by atoms with E-state index in [0.29, 0.717) is 4.90 Å². The van der Waals surface area contributed by atoms with Crippen LogP contribution in [0, 0.1) is 5.82 Å². The molecule has 6 heteroatoms. The van der Waals surface area contributed by atoms with Crippen molar-refractivity contribution in [3.63, 3.8) is 0 Å². The summed E-state index contributed by atoms with van der Waals surface area (Å²) in [5, 5.41) is -0.195. The topological polar surface area (TPSA) is 52.3 Å². The van der Waals surface area contributed by atoms with Gasteiger partial charge in [0.05, 0.1) is 17.8 Å². The van der Waals surface area contributed by atoms with Gasteiger partial charge in [-0.25, -0.2) is 4.39 Å². The number of carbonyl (C=O) groups is 1. The highest BCUT2D eigenvalue weighted by Crippen LogP contribution is 2.33. The lowest BCUT2D eigenvalue weighted by molar-refractivity contribution is -0.139. The van der Waals surface area contributed by atoms with Crippen LogP contribution in [0.25, 0.3) is 0 Å². The van der Waals surface area contributed by atoms with Crippen LogP contribution < -0.4 is 5.73 Å². The molecular formula is C10H11ClFNO2S. The lowest BCUT2D eigenvalue weighted by atomic mass is 10.3. The van der Waals surface area contributed by atoms with Crippen LogP contribution in [0.3, 0.4) is 0 Å². The zero-order valence-corrected chi connectivity index (χ0v) is 10.4. The van der Waals surface area contributed by atoms with Gasteiger partial charge in [0, 0.05) is 4.90 Å². The number of rotatable bonds is 3. The number of halogens is 2. The smallest absolute Gasteiger partial charge is 0.318 e. The molecule has 0 saturated heterocycles. The number of carbonyl (C=O) groups excluding carboxylic acids is 1. The van der Waals surface area contributed by atoms with E-state index in [4.69, 9.17) is 17.3 Å². The number of anilines is 1. The summed E-state index contributed by atoms with van der Waals surface area (Å²) in [6, 6.07) is 2.53. The summed E-state index contributed by atoms with van der Waals surface area (Å²) in [6.07, 6.45) is 0. The fourth-order valence-corrected chi connectivity index (χ4v) is 2.26. The summed E-state index contributed by atoms with van der Waals surface area (Å²) in [6.45, 7) is 1.67. The second-order valence-corrected chi connectivity index (χ2v) is 4.88. The first-order valence-electron chi connectivity index (χ1n) is 4.44. The van der Waals surface area contributed by atoms with Gasteiger partial charge in [-0.3, -0.25) is 4.79 Å². The van der Waals surface area contributed by atoms with Crippen LogP contribution in [0.5, 0.6) is 0 Å². The van der Waals surface area contributed by atoms with E-state index < -0.39 is 11.1 Å². The van der Waals surface area contributed by atoms with E-state index in [1.165, 1.54) is 24.9 Å². The molecule has 0 bridgehead atoms. The Labute approximate surface area is 102 Å². The van der Waals surface area contributed by atoms with Gasteiger partial charge in [0.15, 0.2) is 0 Å². The molecule has 0 saturated carbocycles. The summed E-state index contributed by atoms with van der Waals surface area (Å²) in [4.78, 5) is 11.7. The predicted molar refractivity (Wildman–Crippen MR) is 63.2 cm³/mol. The van der Waals surface area contributed by atoms with Gasteiger partial charge in [-0.15, -0.1) is 11.8 Å². The SMILES string of the molecule is COC(=O)C(C)Sc1cc(N)c(F)cc1Cl. The molecule has 1 aromatic carbocycles. The standard InChI is InChI=1S/C10H11ClFNO2S/c1-5(10(14)15-2)16-9-4-8(13)7(12)3-6(9)11/h3-5H,13H2,1-2H3. The minimum Gasteiger partial charge on any atom is -0.468 e. The Morgan fingerprint density at radius 3 is 2.81 bits per heavy atom. The van der Waals surface area contributed by atoms with E-state index in [-0.39, 0.29) is 16.7 Å². The maximum absolute atomic E-state index is 13.0. The van der Waals surface area contributed by atoms with E-state index in [1.54, 1.807) is 6.92 Å². The first-order valence-corrected chi connectivity index (χ1v) is 5.70. The van der Waals surface area contributed by atoms with E-state index in [9.17, 15) is 9.18 Å². The second kappa shape index (κ2) is 5.41. The molecule has 0 aliphatic heterocycles. The van der Waals surface area contributed by atoms with Gasteiger partial charge >= 0.3 is 5.97 Å². The van der Waals surface area contributed by atoms with Crippen molar-refractivity contribution >= 4 is 35.0 Å². The van der Waals surface area contributed by atoms with Crippen molar-refractivity contribution in [3.05, 3.63) is 23.0 Å². The summed E-state index contributed by atoms with van der Waals surface area (Å²) in [5.74, 6) is -0.941. The van der Waals surface area contributed by atoms with E-state index in [2.05, 4.69) is 4.74 Å². The third-order valence-corrected chi connectivity index (χ3v) is 3.45. The number of nitrogens with two attached hydrogens (primary N) is 1. The highest BCUT2D eigenvalue weighted by molar-refractivity contribution is 8.00. The summed E-state index contributed by atoms with van der Waals surface area (Å²) >= 11 is 7.00. The molecule has 3 nitrogen and oxygen atoms in total. The Balaban J connectivity index is 2.89. The Bertz CT molecular complexity index is 414. The van der Waals surface area contributed by atoms with E-state index in [0.717, 1.165) is 6.07 Å². The van der Waals surface area contributed by atoms with Crippen molar-refractivity contribution in [1.29, 1.82) is 0 Å². The van der Waals surface area contributed by atoms with Crippen LogP contribution >= 0.6 is 23.4 Å². The number of thioether (sulfide) groups is 1. The zero-order chi connectivity index (χ0) is 12.3. The lowest BCUT2D eigenvalue weighted by Crippen LogP contribution is -2.14. The van der Waals surface area contributed by atoms with Crippen molar-refractivity contribution in [2.45, 2.75) is 17.1 Å². The lowest BCUT2D eigenvalue weighted by Gasteiger charge is -2.10. The fraction of sp³-hybridized carbons (Fsp3) is 0.300. The van der Waals surface area contributed by atoms with Gasteiger partial charge < -0.3 is 10.5 Å². The third kappa shape index (κ3) is 3.02. The monoisotopic (exact) mass is 263 g/mol. The molecule has 1 aromatic rings. The van der Waals surface area contributed by atoms with Gasteiger partial charge in [0.25, 0.3) is 0 Å². The molecule has 1 rings (SSSR count). The van der Waals surface area contributed by atoms with Crippen LogP contribution in [0.2, 0.25) is 5.02 Å². The molecule has 16 heavy (non-hydrogen) atoms. The third-order valence-electron chi connectivity index (χ3n) is 1.89. The molecular weight excluding hydrogens is 253 g/mol. The van der Waals surface area contributed by atoms with E-state index >= 15 is 0 Å². The number of ether oxygens (including phenoxy) is 1. The molecule has 0 heterocycles. The number of esters is 1. The van der Waals surface area contributed by atoms with Gasteiger partial charge in [0.1, 0.15) is 11.1 Å². The molecule has 2 N–H and O–H groups in total. The van der Waals surface area contributed by atoms with Crippen LogP contribution in [-0.4, -0.2) is 18.3 Å². The minimum absolute atomic E-state index is 0.00367. The number of nitrogen functional groups attached to an aromatic ring is 1. The van der Waals surface area contributed by atoms with Gasteiger partial charge in [-0.1, -0.05) is 11.6 Å². The number of hydrogen-bond donors (Lipinski definition) is 1. The maximum atomic E-state index is 13.0. The van der Waals surface area contributed by atoms with Crippen molar-refractivity contribution in [3.8, 4) is 0 Å². The molecule has 0 fully saturated rings. The molecule has 1 atom stereocenters. The average Bonchev–Trinajstić information content (AvgIpc) is 2.24. The molecule has 0 aliphatic rings.